The van der Waals surface area contributed by atoms with Crippen molar-refractivity contribution < 1.29 is 13.9 Å². The minimum atomic E-state index is -2.58. The maximum atomic E-state index is 12.1. The standard InChI is InChI=1S/C9H10BrF2NO/c10-6-3-1-2-5(8(6)14)4-7(13)9(11)12/h1-3,7,9,14H,4,13H2. The van der Waals surface area contributed by atoms with Gasteiger partial charge in [0.15, 0.2) is 0 Å². The minimum Gasteiger partial charge on any atom is -0.506 e. The van der Waals surface area contributed by atoms with Crippen LogP contribution in [0.25, 0.3) is 0 Å². The highest BCUT2D eigenvalue weighted by Gasteiger charge is 2.17. The third kappa shape index (κ3) is 2.65. The molecule has 5 heteroatoms. The van der Waals surface area contributed by atoms with E-state index in [0.29, 0.717) is 10.0 Å². The predicted molar refractivity (Wildman–Crippen MR) is 53.5 cm³/mol. The Labute approximate surface area is 88.9 Å². The van der Waals surface area contributed by atoms with Gasteiger partial charge in [-0.25, -0.2) is 8.78 Å². The van der Waals surface area contributed by atoms with Crippen LogP contribution in [0.4, 0.5) is 8.78 Å². The maximum Gasteiger partial charge on any atom is 0.253 e. The third-order valence-corrected chi connectivity index (χ3v) is 2.49. The normalized spacial score (nSPS) is 13.2. The second kappa shape index (κ2) is 4.70. The van der Waals surface area contributed by atoms with Gasteiger partial charge in [-0.05, 0) is 34.0 Å². The van der Waals surface area contributed by atoms with E-state index in [9.17, 15) is 13.9 Å². The Morgan fingerprint density at radius 2 is 2.07 bits per heavy atom. The van der Waals surface area contributed by atoms with Gasteiger partial charge in [-0.1, -0.05) is 12.1 Å². The quantitative estimate of drug-likeness (QED) is 0.881. The van der Waals surface area contributed by atoms with E-state index in [4.69, 9.17) is 5.73 Å². The van der Waals surface area contributed by atoms with E-state index in [1.54, 1.807) is 18.2 Å². The largest absolute Gasteiger partial charge is 0.506 e. The van der Waals surface area contributed by atoms with Gasteiger partial charge < -0.3 is 10.8 Å². The lowest BCUT2D eigenvalue weighted by Crippen LogP contribution is -2.30. The molecule has 1 aromatic rings. The number of para-hydroxylation sites is 1. The van der Waals surface area contributed by atoms with Crippen LogP contribution in [0, 0.1) is 0 Å². The first-order valence-electron chi connectivity index (χ1n) is 4.02. The lowest BCUT2D eigenvalue weighted by molar-refractivity contribution is 0.115. The Morgan fingerprint density at radius 1 is 1.43 bits per heavy atom. The summed E-state index contributed by atoms with van der Waals surface area (Å²) in [4.78, 5) is 0. The van der Waals surface area contributed by atoms with Crippen LogP contribution in [-0.2, 0) is 6.42 Å². The van der Waals surface area contributed by atoms with Crippen LogP contribution in [-0.4, -0.2) is 17.6 Å². The highest BCUT2D eigenvalue weighted by Crippen LogP contribution is 2.28. The number of phenolic OH excluding ortho intramolecular Hbond substituents is 1. The fourth-order valence-electron chi connectivity index (χ4n) is 1.07. The monoisotopic (exact) mass is 265 g/mol. The fraction of sp³-hybridized carbons (Fsp3) is 0.333. The second-order valence-electron chi connectivity index (χ2n) is 2.95. The first-order chi connectivity index (χ1) is 6.52. The number of nitrogens with two attached hydrogens (primary N) is 1. The molecule has 1 unspecified atom stereocenters. The summed E-state index contributed by atoms with van der Waals surface area (Å²) in [5.41, 5.74) is 5.61. The van der Waals surface area contributed by atoms with Gasteiger partial charge in [0.2, 0.25) is 0 Å². The van der Waals surface area contributed by atoms with Crippen LogP contribution in [0.15, 0.2) is 22.7 Å². The van der Waals surface area contributed by atoms with Crippen molar-refractivity contribution in [1.82, 2.24) is 0 Å². The van der Waals surface area contributed by atoms with Gasteiger partial charge in [0.25, 0.3) is 6.43 Å². The van der Waals surface area contributed by atoms with Gasteiger partial charge in [0.1, 0.15) is 5.75 Å². The van der Waals surface area contributed by atoms with Crippen molar-refractivity contribution >= 4 is 15.9 Å². The number of phenols is 1. The first kappa shape index (κ1) is 11.4. The van der Waals surface area contributed by atoms with Crippen LogP contribution in [0.5, 0.6) is 5.75 Å². The van der Waals surface area contributed by atoms with Gasteiger partial charge >= 0.3 is 0 Å². The number of aromatic hydroxyl groups is 1. The molecule has 1 atom stereocenters. The van der Waals surface area contributed by atoms with E-state index in [2.05, 4.69) is 15.9 Å². The smallest absolute Gasteiger partial charge is 0.253 e. The summed E-state index contributed by atoms with van der Waals surface area (Å²) in [7, 11) is 0. The lowest BCUT2D eigenvalue weighted by atomic mass is 10.1. The molecule has 78 valence electrons. The Hall–Kier alpha value is -0.680. The van der Waals surface area contributed by atoms with Gasteiger partial charge in [-0.3, -0.25) is 0 Å². The van der Waals surface area contributed by atoms with Crippen LogP contribution in [0.3, 0.4) is 0 Å². The molecule has 0 amide bonds. The van der Waals surface area contributed by atoms with Crippen molar-refractivity contribution in [2.75, 3.05) is 0 Å². The molecule has 0 fully saturated rings. The molecule has 1 aromatic carbocycles. The van der Waals surface area contributed by atoms with Crippen molar-refractivity contribution in [3.63, 3.8) is 0 Å². The van der Waals surface area contributed by atoms with Gasteiger partial charge in [0.05, 0.1) is 10.5 Å². The average molecular weight is 266 g/mol. The zero-order valence-electron chi connectivity index (χ0n) is 7.25. The summed E-state index contributed by atoms with van der Waals surface area (Å²) < 4.78 is 24.7. The van der Waals surface area contributed by atoms with Crippen LogP contribution in [0.1, 0.15) is 5.56 Å². The first-order valence-corrected chi connectivity index (χ1v) is 4.81. The molecule has 0 aliphatic heterocycles. The van der Waals surface area contributed by atoms with Gasteiger partial charge in [-0.15, -0.1) is 0 Å². The Bertz CT molecular complexity index is 320. The van der Waals surface area contributed by atoms with Gasteiger partial charge in [-0.2, -0.15) is 0 Å². The van der Waals surface area contributed by atoms with Crippen molar-refractivity contribution in [3.05, 3.63) is 28.2 Å². The fourth-order valence-corrected chi connectivity index (χ4v) is 1.47. The molecule has 0 bridgehead atoms. The summed E-state index contributed by atoms with van der Waals surface area (Å²) >= 11 is 3.09. The zero-order chi connectivity index (χ0) is 10.7. The molecule has 14 heavy (non-hydrogen) atoms. The second-order valence-corrected chi connectivity index (χ2v) is 3.80. The molecule has 0 spiro atoms. The summed E-state index contributed by atoms with van der Waals surface area (Å²) in [6.45, 7) is 0. The van der Waals surface area contributed by atoms with Gasteiger partial charge in [0, 0.05) is 0 Å². The van der Waals surface area contributed by atoms with Crippen LogP contribution < -0.4 is 5.73 Å². The molecule has 0 aliphatic rings. The van der Waals surface area contributed by atoms with Crippen molar-refractivity contribution in [2.24, 2.45) is 5.73 Å². The van der Waals surface area contributed by atoms with E-state index < -0.39 is 12.5 Å². The molecule has 2 nitrogen and oxygen atoms in total. The summed E-state index contributed by atoms with van der Waals surface area (Å²) in [6, 6.07) is 3.63. The van der Waals surface area contributed by atoms with E-state index in [-0.39, 0.29) is 12.2 Å². The molecule has 0 heterocycles. The average Bonchev–Trinajstić information content (AvgIpc) is 2.12. The van der Waals surface area contributed by atoms with E-state index in [1.807, 2.05) is 0 Å². The summed E-state index contributed by atoms with van der Waals surface area (Å²) in [6.07, 6.45) is -2.61. The van der Waals surface area contributed by atoms with Crippen molar-refractivity contribution in [2.45, 2.75) is 18.9 Å². The number of halogens is 3. The molecule has 0 aromatic heterocycles. The Kier molecular flexibility index (Phi) is 3.83. The highest BCUT2D eigenvalue weighted by atomic mass is 79.9. The van der Waals surface area contributed by atoms with Crippen molar-refractivity contribution in [1.29, 1.82) is 0 Å². The molecule has 0 saturated heterocycles. The molecule has 1 rings (SSSR count). The zero-order valence-corrected chi connectivity index (χ0v) is 8.84. The molecule has 0 radical (unpaired) electrons. The maximum absolute atomic E-state index is 12.1. The molecule has 0 saturated carbocycles. The van der Waals surface area contributed by atoms with E-state index in [0.717, 1.165) is 0 Å². The summed E-state index contributed by atoms with van der Waals surface area (Å²) in [5, 5.41) is 9.48. The third-order valence-electron chi connectivity index (χ3n) is 1.85. The summed E-state index contributed by atoms with van der Waals surface area (Å²) in [5.74, 6) is -0.0244. The Balaban J connectivity index is 2.82. The SMILES string of the molecule is NC(Cc1cccc(Br)c1O)C(F)F. The molecular weight excluding hydrogens is 256 g/mol. The number of benzene rings is 1. The number of hydrogen-bond donors (Lipinski definition) is 2. The Morgan fingerprint density at radius 3 is 2.64 bits per heavy atom. The van der Waals surface area contributed by atoms with E-state index in [1.165, 1.54) is 0 Å². The number of alkyl halides is 2. The van der Waals surface area contributed by atoms with Crippen molar-refractivity contribution in [3.8, 4) is 5.75 Å². The number of rotatable bonds is 3. The lowest BCUT2D eigenvalue weighted by Gasteiger charge is -2.11. The van der Waals surface area contributed by atoms with E-state index >= 15 is 0 Å². The predicted octanol–water partition coefficient (Wildman–Crippen LogP) is 2.29. The van der Waals surface area contributed by atoms with Crippen LogP contribution in [0.2, 0.25) is 0 Å². The topological polar surface area (TPSA) is 46.2 Å². The highest BCUT2D eigenvalue weighted by molar-refractivity contribution is 9.10. The molecular formula is C9H10BrF2NO. The molecule has 3 N–H and O–H groups in total. The minimum absolute atomic E-state index is 0.0244. The molecule has 0 aliphatic carbocycles. The van der Waals surface area contributed by atoms with Crippen LogP contribution >= 0.6 is 15.9 Å². The number of hydrogen-bond acceptors (Lipinski definition) is 2.